The lowest BCUT2D eigenvalue weighted by Gasteiger charge is -2.14. The highest BCUT2D eigenvalue weighted by Gasteiger charge is 2.20. The molecular formula is C19H22N8O4. The number of nitrogens with zero attached hydrogens (tertiary/aromatic N) is 3. The van der Waals surface area contributed by atoms with Crippen LogP contribution < -0.4 is 27.7 Å². The fourth-order valence-electron chi connectivity index (χ4n) is 2.81. The molecule has 162 valence electrons. The molecule has 1 aromatic carbocycles. The summed E-state index contributed by atoms with van der Waals surface area (Å²) in [5.41, 5.74) is 12.2. The molecule has 0 spiro atoms. The number of nitrogen functional groups attached to an aromatic ring is 1. The first-order chi connectivity index (χ1) is 14.9. The van der Waals surface area contributed by atoms with Gasteiger partial charge in [-0.1, -0.05) is 0 Å². The van der Waals surface area contributed by atoms with Gasteiger partial charge in [-0.2, -0.15) is 4.98 Å². The monoisotopic (exact) mass is 426 g/mol. The molecule has 3 aromatic rings. The van der Waals surface area contributed by atoms with Crippen LogP contribution in [-0.2, 0) is 11.3 Å². The van der Waals surface area contributed by atoms with E-state index in [0.29, 0.717) is 29.9 Å². The van der Waals surface area contributed by atoms with E-state index in [1.807, 2.05) is 0 Å². The maximum atomic E-state index is 12.3. The molecule has 1 amide bonds. The van der Waals surface area contributed by atoms with Crippen LogP contribution in [-0.4, -0.2) is 49.5 Å². The fraction of sp³-hybridized carbons (Fsp3) is 0.263. The molecule has 3 rings (SSSR count). The van der Waals surface area contributed by atoms with E-state index >= 15 is 0 Å². The summed E-state index contributed by atoms with van der Waals surface area (Å²) in [5, 5.41) is 14.8. The molecule has 1 atom stereocenters. The number of carbonyl (C=O) groups is 2. The zero-order valence-electron chi connectivity index (χ0n) is 16.5. The van der Waals surface area contributed by atoms with Gasteiger partial charge in [-0.3, -0.25) is 14.6 Å². The lowest BCUT2D eigenvalue weighted by atomic mass is 10.1. The maximum Gasteiger partial charge on any atom is 0.326 e. The predicted molar refractivity (Wildman–Crippen MR) is 113 cm³/mol. The van der Waals surface area contributed by atoms with Crippen molar-refractivity contribution < 1.29 is 14.7 Å². The SMILES string of the molecule is NCCC[C@H](NC(=O)c1ccc(NCc2cnc3nc(N)[nH]c(=O)c3n2)cc1)C(=O)O. The molecule has 0 fully saturated rings. The second-order valence-electron chi connectivity index (χ2n) is 6.71. The number of carboxylic acids is 1. The smallest absolute Gasteiger partial charge is 0.326 e. The van der Waals surface area contributed by atoms with Crippen LogP contribution in [0.15, 0.2) is 35.3 Å². The summed E-state index contributed by atoms with van der Waals surface area (Å²) in [6.45, 7) is 0.624. The number of hydrogen-bond acceptors (Lipinski definition) is 9. The predicted octanol–water partition coefficient (Wildman–Crippen LogP) is -0.171. The number of benzene rings is 1. The van der Waals surface area contributed by atoms with Gasteiger partial charge in [0.05, 0.1) is 18.4 Å². The third-order valence-corrected chi connectivity index (χ3v) is 4.41. The minimum Gasteiger partial charge on any atom is -0.480 e. The van der Waals surface area contributed by atoms with Gasteiger partial charge in [0.25, 0.3) is 11.5 Å². The number of H-pyrrole nitrogens is 1. The number of rotatable bonds is 9. The molecule has 0 bridgehead atoms. The van der Waals surface area contributed by atoms with Gasteiger partial charge >= 0.3 is 5.97 Å². The Bertz CT molecular complexity index is 1150. The molecule has 2 heterocycles. The van der Waals surface area contributed by atoms with E-state index in [-0.39, 0.29) is 30.1 Å². The van der Waals surface area contributed by atoms with Gasteiger partial charge in [0.1, 0.15) is 6.04 Å². The Morgan fingerprint density at radius 1 is 1.19 bits per heavy atom. The Morgan fingerprint density at radius 2 is 1.94 bits per heavy atom. The zero-order chi connectivity index (χ0) is 22.4. The molecule has 8 N–H and O–H groups in total. The van der Waals surface area contributed by atoms with Gasteiger partial charge in [-0.15, -0.1) is 0 Å². The average molecular weight is 426 g/mol. The number of aliphatic carboxylic acids is 1. The first kappa shape index (κ1) is 21.6. The number of anilines is 2. The number of carboxylic acid groups (broad SMARTS) is 1. The molecular weight excluding hydrogens is 404 g/mol. The minimum absolute atomic E-state index is 0.0316. The van der Waals surface area contributed by atoms with Crippen LogP contribution in [0, 0.1) is 0 Å². The van der Waals surface area contributed by atoms with E-state index in [9.17, 15) is 19.5 Å². The number of fused-ring (bicyclic) bond motifs is 1. The molecule has 0 saturated heterocycles. The summed E-state index contributed by atoms with van der Waals surface area (Å²) in [6.07, 6.45) is 2.23. The van der Waals surface area contributed by atoms with E-state index in [1.54, 1.807) is 24.3 Å². The van der Waals surface area contributed by atoms with Crippen molar-refractivity contribution in [3.05, 3.63) is 52.1 Å². The Morgan fingerprint density at radius 3 is 2.61 bits per heavy atom. The summed E-state index contributed by atoms with van der Waals surface area (Å²) in [6, 6.07) is 5.50. The van der Waals surface area contributed by atoms with E-state index in [4.69, 9.17) is 11.5 Å². The molecule has 12 nitrogen and oxygen atoms in total. The van der Waals surface area contributed by atoms with Crippen molar-refractivity contribution in [2.24, 2.45) is 5.73 Å². The summed E-state index contributed by atoms with van der Waals surface area (Å²) >= 11 is 0. The van der Waals surface area contributed by atoms with Crippen molar-refractivity contribution in [2.45, 2.75) is 25.4 Å². The van der Waals surface area contributed by atoms with Crippen molar-refractivity contribution >= 4 is 34.7 Å². The highest BCUT2D eigenvalue weighted by atomic mass is 16.4. The molecule has 12 heteroatoms. The average Bonchev–Trinajstić information content (AvgIpc) is 2.75. The van der Waals surface area contributed by atoms with Gasteiger partial charge in [-0.05, 0) is 43.7 Å². The highest BCUT2D eigenvalue weighted by Crippen LogP contribution is 2.12. The second kappa shape index (κ2) is 9.63. The first-order valence-electron chi connectivity index (χ1n) is 9.46. The molecule has 31 heavy (non-hydrogen) atoms. The molecule has 0 aliphatic carbocycles. The normalized spacial score (nSPS) is 11.8. The van der Waals surface area contributed by atoms with Gasteiger partial charge in [0.15, 0.2) is 11.2 Å². The molecule has 0 radical (unpaired) electrons. The zero-order valence-corrected chi connectivity index (χ0v) is 16.5. The Labute approximate surface area is 176 Å². The van der Waals surface area contributed by atoms with Crippen molar-refractivity contribution in [3.63, 3.8) is 0 Å². The number of nitrogens with one attached hydrogen (secondary N) is 3. The van der Waals surface area contributed by atoms with Gasteiger partial charge in [0, 0.05) is 11.3 Å². The summed E-state index contributed by atoms with van der Waals surface area (Å²) < 4.78 is 0. The third-order valence-electron chi connectivity index (χ3n) is 4.41. The highest BCUT2D eigenvalue weighted by molar-refractivity contribution is 5.96. The van der Waals surface area contributed by atoms with Gasteiger partial charge in [0.2, 0.25) is 5.95 Å². The van der Waals surface area contributed by atoms with Crippen LogP contribution in [0.1, 0.15) is 28.9 Å². The standard InChI is InChI=1S/C19H22N8O4/c20-7-1-2-13(18(30)31)25-16(28)10-3-5-11(6-4-10)22-8-12-9-23-15-14(24-12)17(29)27-19(21)26-15/h3-6,9,13,22H,1-2,7-8,20H2,(H,25,28)(H,30,31)(H3,21,23,26,27,29)/t13-/m0/s1. The van der Waals surface area contributed by atoms with Crippen LogP contribution in [0.3, 0.4) is 0 Å². The molecule has 2 aromatic heterocycles. The number of hydrogen-bond donors (Lipinski definition) is 6. The molecule has 0 aliphatic rings. The number of aromatic amines is 1. The van der Waals surface area contributed by atoms with E-state index < -0.39 is 23.5 Å². The molecule has 0 saturated carbocycles. The van der Waals surface area contributed by atoms with E-state index in [1.165, 1.54) is 6.20 Å². The van der Waals surface area contributed by atoms with Gasteiger partial charge < -0.3 is 27.2 Å². The number of nitrogens with two attached hydrogens (primary N) is 2. The molecule has 0 aliphatic heterocycles. The van der Waals surface area contributed by atoms with Crippen molar-refractivity contribution in [3.8, 4) is 0 Å². The van der Waals surface area contributed by atoms with Crippen molar-refractivity contribution in [2.75, 3.05) is 17.6 Å². The topological polar surface area (TPSA) is 202 Å². The molecule has 0 unspecified atom stereocenters. The quantitative estimate of drug-likeness (QED) is 0.266. The number of amides is 1. The van der Waals surface area contributed by atoms with Crippen molar-refractivity contribution in [1.29, 1.82) is 0 Å². The lowest BCUT2D eigenvalue weighted by molar-refractivity contribution is -0.139. The second-order valence-corrected chi connectivity index (χ2v) is 6.71. The van der Waals surface area contributed by atoms with Crippen molar-refractivity contribution in [1.82, 2.24) is 25.3 Å². The van der Waals surface area contributed by atoms with Crippen LogP contribution in [0.25, 0.3) is 11.2 Å². The van der Waals surface area contributed by atoms with Crippen LogP contribution in [0.5, 0.6) is 0 Å². The lowest BCUT2D eigenvalue weighted by Crippen LogP contribution is -2.41. The Balaban J connectivity index is 1.63. The van der Waals surface area contributed by atoms with Crippen LogP contribution in [0.4, 0.5) is 11.6 Å². The van der Waals surface area contributed by atoms with Gasteiger partial charge in [-0.25, -0.2) is 14.8 Å². The number of aromatic nitrogens is 4. The largest absolute Gasteiger partial charge is 0.480 e. The Kier molecular flexibility index (Phi) is 6.72. The summed E-state index contributed by atoms with van der Waals surface area (Å²) in [7, 11) is 0. The van der Waals surface area contributed by atoms with E-state index in [2.05, 4.69) is 30.6 Å². The van der Waals surface area contributed by atoms with Crippen LogP contribution in [0.2, 0.25) is 0 Å². The van der Waals surface area contributed by atoms with Crippen LogP contribution >= 0.6 is 0 Å². The fourth-order valence-corrected chi connectivity index (χ4v) is 2.81. The third kappa shape index (κ3) is 5.51. The first-order valence-corrected chi connectivity index (χ1v) is 9.46. The minimum atomic E-state index is -1.10. The summed E-state index contributed by atoms with van der Waals surface area (Å²) in [4.78, 5) is 50.1. The van der Waals surface area contributed by atoms with E-state index in [0.717, 1.165) is 0 Å². The number of carbonyl (C=O) groups excluding carboxylic acids is 1. The Hall–Kier alpha value is -4.06. The summed E-state index contributed by atoms with van der Waals surface area (Å²) in [5.74, 6) is -1.62. The maximum absolute atomic E-state index is 12.3.